The number of benzene rings is 2. The van der Waals surface area contributed by atoms with Crippen LogP contribution < -0.4 is 10.0 Å². The first kappa shape index (κ1) is 19.7. The molecule has 0 radical (unpaired) electrons. The van der Waals surface area contributed by atoms with E-state index in [0.717, 1.165) is 5.56 Å². The molecule has 2 aromatic carbocycles. The molecule has 0 atom stereocenters. The fourth-order valence-corrected chi connectivity index (χ4v) is 3.82. The van der Waals surface area contributed by atoms with Gasteiger partial charge in [0, 0.05) is 10.7 Å². The topological polar surface area (TPSA) is 75.3 Å². The van der Waals surface area contributed by atoms with Crippen LogP contribution in [-0.4, -0.2) is 20.9 Å². The largest absolute Gasteiger partial charge is 0.325 e. The smallest absolute Gasteiger partial charge is 0.242 e. The summed E-state index contributed by atoms with van der Waals surface area (Å²) in [5.41, 5.74) is 1.74. The summed E-state index contributed by atoms with van der Waals surface area (Å²) < 4.78 is 26.7. The van der Waals surface area contributed by atoms with Gasteiger partial charge in [-0.25, -0.2) is 13.1 Å². The van der Waals surface area contributed by atoms with Crippen LogP contribution >= 0.6 is 23.2 Å². The van der Waals surface area contributed by atoms with E-state index in [1.807, 2.05) is 12.1 Å². The zero-order chi connectivity index (χ0) is 18.6. The first-order valence-corrected chi connectivity index (χ1v) is 9.77. The van der Waals surface area contributed by atoms with Gasteiger partial charge in [0.15, 0.2) is 0 Å². The van der Waals surface area contributed by atoms with E-state index >= 15 is 0 Å². The van der Waals surface area contributed by atoms with Crippen LogP contribution in [0.25, 0.3) is 0 Å². The number of nitrogens with one attached hydrogen (secondary N) is 2. The zero-order valence-corrected chi connectivity index (χ0v) is 16.0. The molecule has 134 valence electrons. The van der Waals surface area contributed by atoms with Crippen LogP contribution in [0.2, 0.25) is 10.0 Å². The predicted molar refractivity (Wildman–Crippen MR) is 101 cm³/mol. The Balaban J connectivity index is 2.00. The van der Waals surface area contributed by atoms with Gasteiger partial charge in [-0.05, 0) is 41.8 Å². The van der Waals surface area contributed by atoms with Crippen LogP contribution in [0.15, 0.2) is 47.4 Å². The molecule has 8 heteroatoms. The number of amides is 1. The standard InChI is InChI=1S/C17H18Cl2N2O3S/c1-11(2)12-3-6-14(7-4-12)21-17(22)10-20-25(23,24)16-9-13(18)5-8-15(16)19/h3-9,11,20H,10H2,1-2H3,(H,21,22). The quantitative estimate of drug-likeness (QED) is 0.767. The van der Waals surface area contributed by atoms with Crippen molar-refractivity contribution >= 4 is 44.8 Å². The molecule has 0 unspecified atom stereocenters. The van der Waals surface area contributed by atoms with Crippen molar-refractivity contribution in [1.82, 2.24) is 4.72 Å². The summed E-state index contributed by atoms with van der Waals surface area (Å²) in [6.45, 7) is 3.73. The maximum atomic E-state index is 12.2. The molecule has 0 spiro atoms. The predicted octanol–water partition coefficient (Wildman–Crippen LogP) is 4.03. The number of rotatable bonds is 6. The Kier molecular flexibility index (Phi) is 6.46. The minimum absolute atomic E-state index is 0.0292. The summed E-state index contributed by atoms with van der Waals surface area (Å²) >= 11 is 11.7. The highest BCUT2D eigenvalue weighted by Crippen LogP contribution is 2.24. The lowest BCUT2D eigenvalue weighted by molar-refractivity contribution is -0.115. The van der Waals surface area contributed by atoms with E-state index in [1.165, 1.54) is 18.2 Å². The maximum absolute atomic E-state index is 12.2. The summed E-state index contributed by atoms with van der Waals surface area (Å²) in [6.07, 6.45) is 0. The van der Waals surface area contributed by atoms with E-state index < -0.39 is 22.5 Å². The minimum Gasteiger partial charge on any atom is -0.325 e. The molecule has 2 aromatic rings. The van der Waals surface area contributed by atoms with Crippen LogP contribution in [0.3, 0.4) is 0 Å². The highest BCUT2D eigenvalue weighted by atomic mass is 35.5. The number of hydrogen-bond acceptors (Lipinski definition) is 3. The summed E-state index contributed by atoms with van der Waals surface area (Å²) in [7, 11) is -3.95. The normalized spacial score (nSPS) is 11.6. The molecule has 0 saturated heterocycles. The van der Waals surface area contributed by atoms with Gasteiger partial charge in [0.25, 0.3) is 0 Å². The third kappa shape index (κ3) is 5.44. The fourth-order valence-electron chi connectivity index (χ4n) is 2.08. The van der Waals surface area contributed by atoms with Gasteiger partial charge in [0.05, 0.1) is 11.6 Å². The van der Waals surface area contributed by atoms with Crippen LogP contribution in [0.5, 0.6) is 0 Å². The first-order chi connectivity index (χ1) is 11.7. The van der Waals surface area contributed by atoms with Gasteiger partial charge in [0.1, 0.15) is 4.90 Å². The number of sulfonamides is 1. The molecule has 0 fully saturated rings. The summed E-state index contributed by atoms with van der Waals surface area (Å²) in [6, 6.07) is 11.5. The monoisotopic (exact) mass is 400 g/mol. The van der Waals surface area contributed by atoms with E-state index in [4.69, 9.17) is 23.2 Å². The summed E-state index contributed by atoms with van der Waals surface area (Å²) in [4.78, 5) is 11.8. The van der Waals surface area contributed by atoms with E-state index in [0.29, 0.717) is 11.6 Å². The van der Waals surface area contributed by atoms with E-state index in [9.17, 15) is 13.2 Å². The van der Waals surface area contributed by atoms with Crippen LogP contribution in [0.1, 0.15) is 25.3 Å². The van der Waals surface area contributed by atoms with Gasteiger partial charge in [-0.2, -0.15) is 0 Å². The number of anilines is 1. The van der Waals surface area contributed by atoms with Crippen molar-refractivity contribution in [3.8, 4) is 0 Å². The first-order valence-electron chi connectivity index (χ1n) is 7.53. The van der Waals surface area contributed by atoms with E-state index in [1.54, 1.807) is 12.1 Å². The van der Waals surface area contributed by atoms with Crippen molar-refractivity contribution in [2.45, 2.75) is 24.7 Å². The van der Waals surface area contributed by atoms with Gasteiger partial charge >= 0.3 is 0 Å². The SMILES string of the molecule is CC(C)c1ccc(NC(=O)CNS(=O)(=O)c2cc(Cl)ccc2Cl)cc1. The molecule has 25 heavy (non-hydrogen) atoms. The van der Waals surface area contributed by atoms with Crippen molar-refractivity contribution in [1.29, 1.82) is 0 Å². The van der Waals surface area contributed by atoms with Crippen molar-refractivity contribution in [3.05, 3.63) is 58.1 Å². The maximum Gasteiger partial charge on any atom is 0.242 e. The van der Waals surface area contributed by atoms with E-state index in [-0.39, 0.29) is 14.9 Å². The second-order valence-corrected chi connectivity index (χ2v) is 8.30. The Morgan fingerprint density at radius 2 is 1.72 bits per heavy atom. The summed E-state index contributed by atoms with van der Waals surface area (Å²) in [5.74, 6) is -0.0990. The lowest BCUT2D eigenvalue weighted by Gasteiger charge is -2.10. The molecule has 0 aliphatic heterocycles. The summed E-state index contributed by atoms with van der Waals surface area (Å²) in [5, 5.41) is 2.90. The third-order valence-electron chi connectivity index (χ3n) is 3.47. The number of carbonyl (C=O) groups excluding carboxylic acids is 1. The Bertz CT molecular complexity index is 866. The van der Waals surface area contributed by atoms with Crippen molar-refractivity contribution < 1.29 is 13.2 Å². The Labute approximate surface area is 157 Å². The minimum atomic E-state index is -3.95. The fraction of sp³-hybridized carbons (Fsp3) is 0.235. The lowest BCUT2D eigenvalue weighted by atomic mass is 10.0. The van der Waals surface area contributed by atoms with E-state index in [2.05, 4.69) is 23.9 Å². The highest BCUT2D eigenvalue weighted by molar-refractivity contribution is 7.89. The number of halogens is 2. The van der Waals surface area contributed by atoms with Crippen LogP contribution in [-0.2, 0) is 14.8 Å². The highest BCUT2D eigenvalue weighted by Gasteiger charge is 2.19. The molecule has 5 nitrogen and oxygen atoms in total. The van der Waals surface area contributed by atoms with Crippen molar-refractivity contribution in [2.24, 2.45) is 0 Å². The molecule has 2 N–H and O–H groups in total. The third-order valence-corrected chi connectivity index (χ3v) is 5.58. The van der Waals surface area contributed by atoms with Crippen molar-refractivity contribution in [2.75, 3.05) is 11.9 Å². The van der Waals surface area contributed by atoms with Crippen LogP contribution in [0, 0.1) is 0 Å². The molecule has 0 heterocycles. The molecular formula is C17H18Cl2N2O3S. The molecule has 0 aliphatic carbocycles. The zero-order valence-electron chi connectivity index (χ0n) is 13.7. The average Bonchev–Trinajstić information content (AvgIpc) is 2.56. The Morgan fingerprint density at radius 1 is 1.08 bits per heavy atom. The number of hydrogen-bond donors (Lipinski definition) is 2. The van der Waals surface area contributed by atoms with Gasteiger partial charge in [0.2, 0.25) is 15.9 Å². The Morgan fingerprint density at radius 3 is 2.32 bits per heavy atom. The molecular weight excluding hydrogens is 383 g/mol. The average molecular weight is 401 g/mol. The molecule has 0 saturated carbocycles. The second-order valence-electron chi connectivity index (χ2n) is 5.72. The van der Waals surface area contributed by atoms with Gasteiger partial charge in [-0.15, -0.1) is 0 Å². The van der Waals surface area contributed by atoms with Gasteiger partial charge in [-0.3, -0.25) is 4.79 Å². The second kappa shape index (κ2) is 8.19. The van der Waals surface area contributed by atoms with Gasteiger partial charge < -0.3 is 5.32 Å². The van der Waals surface area contributed by atoms with Crippen LogP contribution in [0.4, 0.5) is 5.69 Å². The lowest BCUT2D eigenvalue weighted by Crippen LogP contribution is -2.33. The van der Waals surface area contributed by atoms with Crippen molar-refractivity contribution in [3.63, 3.8) is 0 Å². The number of carbonyl (C=O) groups is 1. The molecule has 1 amide bonds. The Hall–Kier alpha value is -1.60. The van der Waals surface area contributed by atoms with Gasteiger partial charge in [-0.1, -0.05) is 49.2 Å². The molecule has 2 rings (SSSR count). The molecule has 0 bridgehead atoms. The molecule has 0 aromatic heterocycles. The molecule has 0 aliphatic rings.